The summed E-state index contributed by atoms with van der Waals surface area (Å²) in [5.74, 6) is -0.327. The number of imide groups is 1. The Bertz CT molecular complexity index is 1200. The normalized spacial score (nSPS) is 19.2. The van der Waals surface area contributed by atoms with Crippen LogP contribution in [0.15, 0.2) is 75.8 Å². The molecule has 8 heteroatoms. The zero-order chi connectivity index (χ0) is 21.5. The van der Waals surface area contributed by atoms with E-state index in [-0.39, 0.29) is 22.2 Å². The minimum Gasteiger partial charge on any atom is -0.319 e. The molecule has 3 amide bonds. The fourth-order valence-electron chi connectivity index (χ4n) is 3.38. The van der Waals surface area contributed by atoms with Crippen LogP contribution in [0, 0.1) is 6.92 Å². The maximum absolute atomic E-state index is 12.9. The third kappa shape index (κ3) is 3.42. The number of benzene rings is 2. The molecule has 0 bridgehead atoms. The Kier molecular flexibility index (Phi) is 4.99. The molecule has 1 aliphatic rings. The van der Waals surface area contributed by atoms with E-state index in [1.165, 1.54) is 23.5 Å². The fraction of sp³-hybridized carbons (Fsp3) is 0.182. The zero-order valence-electron chi connectivity index (χ0n) is 16.5. The molecule has 3 aromatic rings. The summed E-state index contributed by atoms with van der Waals surface area (Å²) in [6, 6.07) is 16.1. The number of urea groups is 1. The lowest BCUT2D eigenvalue weighted by Crippen LogP contribution is -2.40. The second-order valence-electron chi connectivity index (χ2n) is 7.38. The molecule has 6 nitrogen and oxygen atoms in total. The lowest BCUT2D eigenvalue weighted by molar-refractivity contribution is -0.131. The molecule has 4 rings (SSSR count). The number of hydrogen-bond acceptors (Lipinski definition) is 5. The highest BCUT2D eigenvalue weighted by atomic mass is 32.2. The summed E-state index contributed by atoms with van der Waals surface area (Å²) in [6.07, 6.45) is 0. The zero-order valence-corrected chi connectivity index (χ0v) is 18.1. The SMILES string of the molecule is Cc1ccc(S(=O)(=O)c2ccc(CN3C(=O)N[C@@](C)(c4cccs4)C3=O)cc2)cc1. The average Bonchev–Trinajstić information content (AvgIpc) is 3.33. The third-order valence-electron chi connectivity index (χ3n) is 5.19. The third-order valence-corrected chi connectivity index (χ3v) is 8.07. The molecular weight excluding hydrogens is 420 g/mol. The summed E-state index contributed by atoms with van der Waals surface area (Å²) >= 11 is 1.41. The van der Waals surface area contributed by atoms with Gasteiger partial charge in [0, 0.05) is 4.88 Å². The van der Waals surface area contributed by atoms with E-state index in [4.69, 9.17) is 0 Å². The van der Waals surface area contributed by atoms with Crippen LogP contribution in [0.1, 0.15) is 22.9 Å². The Labute approximate surface area is 179 Å². The molecule has 1 saturated heterocycles. The first-order valence-corrected chi connectivity index (χ1v) is 11.7. The second kappa shape index (κ2) is 7.37. The van der Waals surface area contributed by atoms with Gasteiger partial charge in [0.1, 0.15) is 0 Å². The largest absolute Gasteiger partial charge is 0.325 e. The van der Waals surface area contributed by atoms with Crippen molar-refractivity contribution in [1.29, 1.82) is 0 Å². The van der Waals surface area contributed by atoms with Crippen molar-refractivity contribution in [1.82, 2.24) is 10.2 Å². The molecule has 30 heavy (non-hydrogen) atoms. The molecule has 0 spiro atoms. The van der Waals surface area contributed by atoms with Crippen molar-refractivity contribution >= 4 is 33.1 Å². The molecule has 0 unspecified atom stereocenters. The quantitative estimate of drug-likeness (QED) is 0.611. The van der Waals surface area contributed by atoms with E-state index in [1.54, 1.807) is 43.3 Å². The molecule has 2 aromatic carbocycles. The van der Waals surface area contributed by atoms with Crippen molar-refractivity contribution in [3.05, 3.63) is 82.0 Å². The molecule has 1 fully saturated rings. The Morgan fingerprint density at radius 3 is 2.13 bits per heavy atom. The molecule has 0 saturated carbocycles. The topological polar surface area (TPSA) is 83.6 Å². The van der Waals surface area contributed by atoms with Gasteiger partial charge in [-0.2, -0.15) is 0 Å². The maximum atomic E-state index is 12.9. The first kappa shape index (κ1) is 20.3. The number of nitrogens with zero attached hydrogens (tertiary/aromatic N) is 1. The van der Waals surface area contributed by atoms with Crippen LogP contribution in [0.4, 0.5) is 4.79 Å². The van der Waals surface area contributed by atoms with Crippen LogP contribution in [0.3, 0.4) is 0 Å². The number of carbonyl (C=O) groups is 2. The minimum absolute atomic E-state index is 0.0660. The average molecular weight is 441 g/mol. The van der Waals surface area contributed by atoms with Gasteiger partial charge in [0.15, 0.2) is 5.54 Å². The predicted octanol–water partition coefficient (Wildman–Crippen LogP) is 3.86. The van der Waals surface area contributed by atoms with Crippen LogP contribution in [0.25, 0.3) is 0 Å². The standard InChI is InChI=1S/C22H20N2O4S2/c1-15-5-9-17(10-6-15)30(27,28)18-11-7-16(8-12-18)14-24-20(25)22(2,23-21(24)26)19-4-3-13-29-19/h3-13H,14H2,1-2H3,(H,23,26)/t22-/m0/s1. The van der Waals surface area contributed by atoms with Gasteiger partial charge < -0.3 is 5.32 Å². The van der Waals surface area contributed by atoms with E-state index in [1.807, 2.05) is 24.4 Å². The number of carbonyl (C=O) groups excluding carboxylic acids is 2. The smallest absolute Gasteiger partial charge is 0.319 e. The number of amides is 3. The lowest BCUT2D eigenvalue weighted by atomic mass is 10.0. The molecule has 2 heterocycles. The number of rotatable bonds is 5. The molecule has 0 aliphatic carbocycles. The van der Waals surface area contributed by atoms with Crippen LogP contribution < -0.4 is 5.32 Å². The van der Waals surface area contributed by atoms with Crippen molar-refractivity contribution in [2.75, 3.05) is 0 Å². The van der Waals surface area contributed by atoms with Gasteiger partial charge >= 0.3 is 6.03 Å². The fourth-order valence-corrected chi connectivity index (χ4v) is 5.48. The first-order valence-electron chi connectivity index (χ1n) is 9.30. The summed E-state index contributed by atoms with van der Waals surface area (Å²) < 4.78 is 25.6. The van der Waals surface area contributed by atoms with Gasteiger partial charge in [-0.25, -0.2) is 13.2 Å². The minimum atomic E-state index is -3.63. The highest BCUT2D eigenvalue weighted by Crippen LogP contribution is 2.32. The van der Waals surface area contributed by atoms with E-state index < -0.39 is 21.4 Å². The number of hydrogen-bond donors (Lipinski definition) is 1. The Hall–Kier alpha value is -2.97. The Morgan fingerprint density at radius 2 is 1.57 bits per heavy atom. The highest BCUT2D eigenvalue weighted by Gasteiger charge is 2.49. The van der Waals surface area contributed by atoms with Gasteiger partial charge in [-0.05, 0) is 55.1 Å². The van der Waals surface area contributed by atoms with E-state index in [0.717, 1.165) is 15.3 Å². The number of aryl methyl sites for hydroxylation is 1. The first-order chi connectivity index (χ1) is 14.2. The molecule has 0 radical (unpaired) electrons. The molecule has 1 aromatic heterocycles. The molecule has 1 N–H and O–H groups in total. The Morgan fingerprint density at radius 1 is 0.967 bits per heavy atom. The highest BCUT2D eigenvalue weighted by molar-refractivity contribution is 7.91. The summed E-state index contributed by atoms with van der Waals surface area (Å²) in [4.78, 5) is 27.7. The maximum Gasteiger partial charge on any atom is 0.325 e. The second-order valence-corrected chi connectivity index (χ2v) is 10.3. The lowest BCUT2D eigenvalue weighted by Gasteiger charge is -2.20. The van der Waals surface area contributed by atoms with E-state index in [2.05, 4.69) is 5.32 Å². The van der Waals surface area contributed by atoms with Crippen molar-refractivity contribution in [3.63, 3.8) is 0 Å². The number of nitrogens with one attached hydrogen (secondary N) is 1. The van der Waals surface area contributed by atoms with Crippen molar-refractivity contribution in [2.24, 2.45) is 0 Å². The van der Waals surface area contributed by atoms with Crippen LogP contribution in [-0.2, 0) is 26.7 Å². The van der Waals surface area contributed by atoms with Crippen LogP contribution >= 0.6 is 11.3 Å². The van der Waals surface area contributed by atoms with Crippen LogP contribution in [0.2, 0.25) is 0 Å². The van der Waals surface area contributed by atoms with Crippen LogP contribution in [-0.4, -0.2) is 25.3 Å². The van der Waals surface area contributed by atoms with E-state index >= 15 is 0 Å². The van der Waals surface area contributed by atoms with E-state index in [9.17, 15) is 18.0 Å². The molecule has 1 aliphatic heterocycles. The van der Waals surface area contributed by atoms with Gasteiger partial charge in [-0.15, -0.1) is 11.3 Å². The summed E-state index contributed by atoms with van der Waals surface area (Å²) in [5.41, 5.74) is 0.559. The van der Waals surface area contributed by atoms with E-state index in [0.29, 0.717) is 5.56 Å². The summed E-state index contributed by atoms with van der Waals surface area (Å²) in [7, 11) is -3.63. The van der Waals surface area contributed by atoms with Gasteiger partial charge in [0.2, 0.25) is 9.84 Å². The predicted molar refractivity (Wildman–Crippen MR) is 114 cm³/mol. The van der Waals surface area contributed by atoms with Crippen LogP contribution in [0.5, 0.6) is 0 Å². The van der Waals surface area contributed by atoms with Crippen molar-refractivity contribution < 1.29 is 18.0 Å². The van der Waals surface area contributed by atoms with Gasteiger partial charge in [-0.1, -0.05) is 35.9 Å². The van der Waals surface area contributed by atoms with Gasteiger partial charge in [0.25, 0.3) is 5.91 Å². The van der Waals surface area contributed by atoms with Crippen molar-refractivity contribution in [2.45, 2.75) is 35.7 Å². The molecule has 1 atom stereocenters. The van der Waals surface area contributed by atoms with Gasteiger partial charge in [0.05, 0.1) is 16.3 Å². The molecule has 154 valence electrons. The summed E-state index contributed by atoms with van der Waals surface area (Å²) in [6.45, 7) is 3.65. The number of thiophene rings is 1. The summed E-state index contributed by atoms with van der Waals surface area (Å²) in [5, 5.41) is 4.62. The molecular formula is C22H20N2O4S2. The Balaban J connectivity index is 1.55. The van der Waals surface area contributed by atoms with Gasteiger partial charge in [-0.3, -0.25) is 9.69 Å². The number of sulfone groups is 1. The monoisotopic (exact) mass is 440 g/mol. The van der Waals surface area contributed by atoms with Crippen molar-refractivity contribution in [3.8, 4) is 0 Å².